The molecule has 0 saturated carbocycles. The van der Waals surface area contributed by atoms with Gasteiger partial charge in [0.15, 0.2) is 0 Å². The number of rotatable bonds is 8. The summed E-state index contributed by atoms with van der Waals surface area (Å²) in [6.45, 7) is 4.52. The van der Waals surface area contributed by atoms with Crippen LogP contribution in [0.3, 0.4) is 0 Å². The summed E-state index contributed by atoms with van der Waals surface area (Å²) in [5, 5.41) is 23.4. The minimum atomic E-state index is -0.797. The Morgan fingerprint density at radius 1 is 1.20 bits per heavy atom. The number of carbonyl (C=O) groups is 1. The van der Waals surface area contributed by atoms with Crippen molar-refractivity contribution in [1.82, 2.24) is 5.32 Å². The number of hydrogen-bond acceptors (Lipinski definition) is 4. The van der Waals surface area contributed by atoms with E-state index in [9.17, 15) is 15.0 Å². The van der Waals surface area contributed by atoms with Gasteiger partial charge in [0, 0.05) is 12.1 Å². The number of aromatic hydroxyl groups is 1. The van der Waals surface area contributed by atoms with Crippen molar-refractivity contribution >= 4 is 5.91 Å². The van der Waals surface area contributed by atoms with E-state index in [2.05, 4.69) is 31.3 Å². The molecule has 134 valence electrons. The predicted octanol–water partition coefficient (Wildman–Crippen LogP) is 2.53. The molecule has 0 aliphatic heterocycles. The summed E-state index contributed by atoms with van der Waals surface area (Å²) < 4.78 is 0. The molecule has 2 rings (SSSR count). The molecule has 1 amide bonds. The lowest BCUT2D eigenvalue weighted by atomic mass is 9.94. The van der Waals surface area contributed by atoms with Gasteiger partial charge in [-0.15, -0.1) is 0 Å². The molecule has 0 aliphatic rings. The monoisotopic (exact) mass is 342 g/mol. The molecule has 0 aliphatic carbocycles. The van der Waals surface area contributed by atoms with Crippen LogP contribution in [0.15, 0.2) is 48.5 Å². The number of phenols is 1. The van der Waals surface area contributed by atoms with Crippen molar-refractivity contribution in [2.75, 3.05) is 6.54 Å². The molecule has 1 atom stereocenters. The molecule has 2 aromatic rings. The zero-order valence-electron chi connectivity index (χ0n) is 14.7. The van der Waals surface area contributed by atoms with Crippen molar-refractivity contribution < 1.29 is 15.0 Å². The molecule has 2 aromatic carbocycles. The highest BCUT2D eigenvalue weighted by molar-refractivity contribution is 5.95. The van der Waals surface area contributed by atoms with Gasteiger partial charge in [-0.3, -0.25) is 4.79 Å². The van der Waals surface area contributed by atoms with Crippen molar-refractivity contribution in [3.8, 4) is 5.75 Å². The molecule has 5 heteroatoms. The van der Waals surface area contributed by atoms with Gasteiger partial charge in [0.05, 0.1) is 11.7 Å². The minimum Gasteiger partial charge on any atom is -0.507 e. The maximum absolute atomic E-state index is 11.3. The van der Waals surface area contributed by atoms with Gasteiger partial charge in [-0.05, 0) is 49.9 Å². The molecule has 0 spiro atoms. The van der Waals surface area contributed by atoms with E-state index in [1.54, 1.807) is 6.07 Å². The lowest BCUT2D eigenvalue weighted by Gasteiger charge is -2.28. The van der Waals surface area contributed by atoms with E-state index < -0.39 is 12.0 Å². The largest absolute Gasteiger partial charge is 0.507 e. The van der Waals surface area contributed by atoms with Crippen LogP contribution in [0.4, 0.5) is 0 Å². The van der Waals surface area contributed by atoms with Crippen LogP contribution in [0, 0.1) is 0 Å². The van der Waals surface area contributed by atoms with Crippen molar-refractivity contribution in [1.29, 1.82) is 0 Å². The van der Waals surface area contributed by atoms with E-state index in [4.69, 9.17) is 5.73 Å². The van der Waals surface area contributed by atoms with Crippen LogP contribution in [0.25, 0.3) is 0 Å². The number of nitrogens with one attached hydrogen (secondary N) is 1. The smallest absolute Gasteiger partial charge is 0.252 e. The molecule has 0 bridgehead atoms. The van der Waals surface area contributed by atoms with E-state index >= 15 is 0 Å². The Kier molecular flexibility index (Phi) is 6.17. The molecule has 5 nitrogen and oxygen atoms in total. The quantitative estimate of drug-likeness (QED) is 0.593. The number of carbonyl (C=O) groups excluding carboxylic acids is 1. The van der Waals surface area contributed by atoms with Crippen LogP contribution in [0.2, 0.25) is 0 Å². The minimum absolute atomic E-state index is 0.0138. The highest BCUT2D eigenvalue weighted by atomic mass is 16.3. The normalized spacial score (nSPS) is 12.8. The van der Waals surface area contributed by atoms with Crippen molar-refractivity contribution in [3.05, 3.63) is 65.2 Å². The molecule has 0 unspecified atom stereocenters. The van der Waals surface area contributed by atoms with E-state index in [-0.39, 0.29) is 16.9 Å². The fourth-order valence-corrected chi connectivity index (χ4v) is 2.64. The fourth-order valence-electron chi connectivity index (χ4n) is 2.64. The number of primary amides is 1. The Morgan fingerprint density at radius 2 is 1.88 bits per heavy atom. The molecule has 0 fully saturated rings. The van der Waals surface area contributed by atoms with Crippen LogP contribution < -0.4 is 11.1 Å². The third-order valence-corrected chi connectivity index (χ3v) is 4.33. The highest BCUT2D eigenvalue weighted by Crippen LogP contribution is 2.23. The third-order valence-electron chi connectivity index (χ3n) is 4.33. The average molecular weight is 342 g/mol. The van der Waals surface area contributed by atoms with Gasteiger partial charge in [0.25, 0.3) is 5.91 Å². The SMILES string of the molecule is CC(C)(CCc1ccccc1)NC[C@H](O)c1ccc(O)c(C(N)=O)c1. The lowest BCUT2D eigenvalue weighted by molar-refractivity contribution is 0.0997. The molecule has 0 heterocycles. The Bertz CT molecular complexity index is 714. The summed E-state index contributed by atoms with van der Waals surface area (Å²) in [4.78, 5) is 11.3. The number of β-amino-alcohol motifs (C(OH)–C–C–N with tert-alkyl or cyclic N) is 1. The molecular weight excluding hydrogens is 316 g/mol. The van der Waals surface area contributed by atoms with Crippen LogP contribution in [0.5, 0.6) is 5.75 Å². The summed E-state index contributed by atoms with van der Waals surface area (Å²) >= 11 is 0. The summed E-state index contributed by atoms with van der Waals surface area (Å²) in [7, 11) is 0. The number of aliphatic hydroxyl groups excluding tert-OH is 1. The zero-order valence-corrected chi connectivity index (χ0v) is 14.7. The fraction of sp³-hybridized carbons (Fsp3) is 0.350. The van der Waals surface area contributed by atoms with Gasteiger partial charge in [-0.1, -0.05) is 36.4 Å². The molecule has 0 radical (unpaired) electrons. The summed E-state index contributed by atoms with van der Waals surface area (Å²) in [5.41, 5.74) is 6.91. The number of benzene rings is 2. The Labute approximate surface area is 148 Å². The van der Waals surface area contributed by atoms with E-state index in [1.807, 2.05) is 18.2 Å². The third kappa shape index (κ3) is 5.59. The maximum atomic E-state index is 11.3. The first-order chi connectivity index (χ1) is 11.8. The van der Waals surface area contributed by atoms with Gasteiger partial charge in [0.1, 0.15) is 5.75 Å². The second kappa shape index (κ2) is 8.14. The van der Waals surface area contributed by atoms with Crippen molar-refractivity contribution in [2.24, 2.45) is 5.73 Å². The van der Waals surface area contributed by atoms with Crippen molar-refractivity contribution in [2.45, 2.75) is 38.3 Å². The first kappa shape index (κ1) is 19.0. The highest BCUT2D eigenvalue weighted by Gasteiger charge is 2.20. The molecular formula is C20H26N2O3. The van der Waals surface area contributed by atoms with Crippen molar-refractivity contribution in [3.63, 3.8) is 0 Å². The van der Waals surface area contributed by atoms with Crippen LogP contribution >= 0.6 is 0 Å². The van der Waals surface area contributed by atoms with E-state index in [1.165, 1.54) is 17.7 Å². The van der Waals surface area contributed by atoms with Gasteiger partial charge < -0.3 is 21.3 Å². The predicted molar refractivity (Wildman–Crippen MR) is 98.4 cm³/mol. The van der Waals surface area contributed by atoms with Gasteiger partial charge in [0.2, 0.25) is 0 Å². The molecule has 0 aromatic heterocycles. The Hall–Kier alpha value is -2.37. The first-order valence-corrected chi connectivity index (χ1v) is 8.38. The Morgan fingerprint density at radius 3 is 2.52 bits per heavy atom. The average Bonchev–Trinajstić information content (AvgIpc) is 2.59. The van der Waals surface area contributed by atoms with E-state index in [0.717, 1.165) is 12.8 Å². The second-order valence-electron chi connectivity index (χ2n) is 6.91. The molecule has 5 N–H and O–H groups in total. The van der Waals surface area contributed by atoms with Crippen LogP contribution in [-0.2, 0) is 6.42 Å². The summed E-state index contributed by atoms with van der Waals surface area (Å²) in [5.74, 6) is -0.901. The Balaban J connectivity index is 1.93. The van der Waals surface area contributed by atoms with Crippen LogP contribution in [-0.4, -0.2) is 28.2 Å². The second-order valence-corrected chi connectivity index (χ2v) is 6.91. The number of aliphatic hydroxyl groups is 1. The first-order valence-electron chi connectivity index (χ1n) is 8.38. The number of nitrogens with two attached hydrogens (primary N) is 1. The van der Waals surface area contributed by atoms with Gasteiger partial charge in [-0.2, -0.15) is 0 Å². The number of aryl methyl sites for hydroxylation is 1. The lowest BCUT2D eigenvalue weighted by Crippen LogP contribution is -2.42. The summed E-state index contributed by atoms with van der Waals surface area (Å²) in [6.07, 6.45) is 1.07. The maximum Gasteiger partial charge on any atom is 0.252 e. The number of hydrogen-bond donors (Lipinski definition) is 4. The van der Waals surface area contributed by atoms with Crippen LogP contribution in [0.1, 0.15) is 47.9 Å². The van der Waals surface area contributed by atoms with Gasteiger partial charge >= 0.3 is 0 Å². The molecule has 25 heavy (non-hydrogen) atoms. The topological polar surface area (TPSA) is 95.6 Å². The summed E-state index contributed by atoms with van der Waals surface area (Å²) in [6, 6.07) is 14.7. The van der Waals surface area contributed by atoms with E-state index in [0.29, 0.717) is 12.1 Å². The van der Waals surface area contributed by atoms with Gasteiger partial charge in [-0.25, -0.2) is 0 Å². The number of amides is 1. The standard InChI is InChI=1S/C20H26N2O3/c1-20(2,11-10-14-6-4-3-5-7-14)22-13-18(24)15-8-9-17(23)16(12-15)19(21)25/h3-9,12,18,22-24H,10-11,13H2,1-2H3,(H2,21,25)/t18-/m0/s1. The zero-order chi connectivity index (χ0) is 18.4. The molecule has 0 saturated heterocycles.